The molecule has 1 saturated heterocycles. The molecule has 2 nitrogen and oxygen atoms in total. The highest BCUT2D eigenvalue weighted by Crippen LogP contribution is 2.26. The Morgan fingerprint density at radius 2 is 2.22 bits per heavy atom. The summed E-state index contributed by atoms with van der Waals surface area (Å²) in [5.41, 5.74) is 7.41. The second-order valence-corrected chi connectivity index (χ2v) is 5.55. The highest BCUT2D eigenvalue weighted by atomic mass is 19.1. The summed E-state index contributed by atoms with van der Waals surface area (Å²) < 4.78 is 13.8. The second-order valence-electron chi connectivity index (χ2n) is 5.55. The Hall–Kier alpha value is -0.930. The standard InChI is InChI=1S/C15H23FN2/c1-11(2)15-4-3-7-18(15)10-13-8-12(9-17)5-6-14(13)16/h5-6,8,11,15H,3-4,7,9-10,17H2,1-2H3. The lowest BCUT2D eigenvalue weighted by molar-refractivity contribution is 0.196. The van der Waals surface area contributed by atoms with Gasteiger partial charge >= 0.3 is 0 Å². The van der Waals surface area contributed by atoms with Gasteiger partial charge < -0.3 is 5.73 Å². The third-order valence-corrected chi connectivity index (χ3v) is 3.90. The van der Waals surface area contributed by atoms with Crippen molar-refractivity contribution in [1.29, 1.82) is 0 Å². The number of hydrogen-bond acceptors (Lipinski definition) is 2. The van der Waals surface area contributed by atoms with Crippen LogP contribution in [0.15, 0.2) is 18.2 Å². The van der Waals surface area contributed by atoms with E-state index in [1.165, 1.54) is 18.9 Å². The van der Waals surface area contributed by atoms with Gasteiger partial charge in [0, 0.05) is 24.7 Å². The zero-order valence-electron chi connectivity index (χ0n) is 11.3. The highest BCUT2D eigenvalue weighted by Gasteiger charge is 2.27. The van der Waals surface area contributed by atoms with Gasteiger partial charge in [-0.25, -0.2) is 4.39 Å². The average Bonchev–Trinajstić information content (AvgIpc) is 2.80. The van der Waals surface area contributed by atoms with Crippen molar-refractivity contribution >= 4 is 0 Å². The Morgan fingerprint density at radius 3 is 2.89 bits per heavy atom. The summed E-state index contributed by atoms with van der Waals surface area (Å²) in [6.07, 6.45) is 2.46. The van der Waals surface area contributed by atoms with E-state index in [4.69, 9.17) is 5.73 Å². The van der Waals surface area contributed by atoms with Crippen LogP contribution in [-0.4, -0.2) is 17.5 Å². The first-order valence-corrected chi connectivity index (χ1v) is 6.83. The molecule has 1 atom stereocenters. The van der Waals surface area contributed by atoms with E-state index in [-0.39, 0.29) is 5.82 Å². The monoisotopic (exact) mass is 250 g/mol. The molecule has 0 aliphatic carbocycles. The molecule has 0 bridgehead atoms. The molecule has 1 aliphatic heterocycles. The zero-order chi connectivity index (χ0) is 13.1. The molecule has 18 heavy (non-hydrogen) atoms. The van der Waals surface area contributed by atoms with Gasteiger partial charge in [-0.2, -0.15) is 0 Å². The smallest absolute Gasteiger partial charge is 0.127 e. The summed E-state index contributed by atoms with van der Waals surface area (Å²) >= 11 is 0. The molecule has 1 heterocycles. The van der Waals surface area contributed by atoms with Crippen molar-refractivity contribution < 1.29 is 4.39 Å². The topological polar surface area (TPSA) is 29.3 Å². The second kappa shape index (κ2) is 5.81. The first kappa shape index (κ1) is 13.5. The van der Waals surface area contributed by atoms with Gasteiger partial charge in [0.1, 0.15) is 5.82 Å². The van der Waals surface area contributed by atoms with Crippen LogP contribution in [0.2, 0.25) is 0 Å². The first-order valence-electron chi connectivity index (χ1n) is 6.83. The maximum atomic E-state index is 13.8. The van der Waals surface area contributed by atoms with Crippen LogP contribution in [0.3, 0.4) is 0 Å². The van der Waals surface area contributed by atoms with Crippen molar-refractivity contribution in [2.24, 2.45) is 11.7 Å². The van der Waals surface area contributed by atoms with Crippen molar-refractivity contribution in [2.75, 3.05) is 6.54 Å². The molecule has 1 aromatic rings. The fraction of sp³-hybridized carbons (Fsp3) is 0.600. The van der Waals surface area contributed by atoms with E-state index >= 15 is 0 Å². The summed E-state index contributed by atoms with van der Waals surface area (Å²) in [4.78, 5) is 2.41. The van der Waals surface area contributed by atoms with Crippen LogP contribution in [0.1, 0.15) is 37.8 Å². The Kier molecular flexibility index (Phi) is 4.36. The molecule has 0 spiro atoms. The molecule has 1 unspecified atom stereocenters. The summed E-state index contributed by atoms with van der Waals surface area (Å²) in [5.74, 6) is 0.523. The van der Waals surface area contributed by atoms with Crippen LogP contribution in [0.5, 0.6) is 0 Å². The predicted molar refractivity (Wildman–Crippen MR) is 72.6 cm³/mol. The van der Waals surface area contributed by atoms with Crippen molar-refractivity contribution in [2.45, 2.75) is 45.8 Å². The van der Waals surface area contributed by atoms with Gasteiger partial charge in [-0.05, 0) is 36.9 Å². The Labute approximate surface area is 109 Å². The van der Waals surface area contributed by atoms with Gasteiger partial charge in [0.25, 0.3) is 0 Å². The summed E-state index contributed by atoms with van der Waals surface area (Å²) in [6, 6.07) is 5.80. The Morgan fingerprint density at radius 1 is 1.44 bits per heavy atom. The average molecular weight is 250 g/mol. The molecule has 1 fully saturated rings. The molecular weight excluding hydrogens is 227 g/mol. The maximum absolute atomic E-state index is 13.8. The number of hydrogen-bond donors (Lipinski definition) is 1. The molecular formula is C15H23FN2. The number of halogens is 1. The van der Waals surface area contributed by atoms with Crippen molar-refractivity contribution in [3.05, 3.63) is 35.1 Å². The van der Waals surface area contributed by atoms with Crippen LogP contribution in [0.25, 0.3) is 0 Å². The fourth-order valence-corrected chi connectivity index (χ4v) is 2.90. The minimum Gasteiger partial charge on any atom is -0.326 e. The molecule has 1 aliphatic rings. The first-order chi connectivity index (χ1) is 8.61. The third kappa shape index (κ3) is 2.90. The van der Waals surface area contributed by atoms with E-state index in [1.54, 1.807) is 6.07 Å². The number of nitrogens with two attached hydrogens (primary N) is 1. The molecule has 0 radical (unpaired) electrons. The van der Waals surface area contributed by atoms with E-state index < -0.39 is 0 Å². The van der Waals surface area contributed by atoms with Gasteiger partial charge in [0.05, 0.1) is 0 Å². The number of rotatable bonds is 4. The predicted octanol–water partition coefficient (Wildman–Crippen LogP) is 2.90. The third-order valence-electron chi connectivity index (χ3n) is 3.90. The Bertz CT molecular complexity index is 403. The van der Waals surface area contributed by atoms with Crippen molar-refractivity contribution in [3.8, 4) is 0 Å². The van der Waals surface area contributed by atoms with Gasteiger partial charge in [0.2, 0.25) is 0 Å². The van der Waals surface area contributed by atoms with Crippen LogP contribution >= 0.6 is 0 Å². The van der Waals surface area contributed by atoms with E-state index in [0.29, 0.717) is 25.0 Å². The quantitative estimate of drug-likeness (QED) is 0.890. The molecule has 3 heteroatoms. The molecule has 0 amide bonds. The number of likely N-dealkylation sites (tertiary alicyclic amines) is 1. The molecule has 2 rings (SSSR count). The van der Waals surface area contributed by atoms with E-state index in [0.717, 1.165) is 17.7 Å². The number of nitrogens with zero attached hydrogens (tertiary/aromatic N) is 1. The largest absolute Gasteiger partial charge is 0.326 e. The molecule has 1 aromatic carbocycles. The zero-order valence-corrected chi connectivity index (χ0v) is 11.3. The minimum absolute atomic E-state index is 0.110. The van der Waals surface area contributed by atoms with Gasteiger partial charge in [0.15, 0.2) is 0 Å². The Balaban J connectivity index is 2.13. The highest BCUT2D eigenvalue weighted by molar-refractivity contribution is 5.25. The SMILES string of the molecule is CC(C)C1CCCN1Cc1cc(CN)ccc1F. The van der Waals surface area contributed by atoms with E-state index in [1.807, 2.05) is 6.07 Å². The lowest BCUT2D eigenvalue weighted by Crippen LogP contribution is -2.33. The fourth-order valence-electron chi connectivity index (χ4n) is 2.90. The van der Waals surface area contributed by atoms with Gasteiger partial charge in [-0.3, -0.25) is 4.90 Å². The molecule has 100 valence electrons. The maximum Gasteiger partial charge on any atom is 0.127 e. The molecule has 0 saturated carbocycles. The number of benzene rings is 1. The van der Waals surface area contributed by atoms with Crippen LogP contribution < -0.4 is 5.73 Å². The molecule has 0 aromatic heterocycles. The minimum atomic E-state index is -0.110. The summed E-state index contributed by atoms with van der Waals surface area (Å²) in [5, 5.41) is 0. The van der Waals surface area contributed by atoms with Crippen LogP contribution in [-0.2, 0) is 13.1 Å². The molecule has 2 N–H and O–H groups in total. The summed E-state index contributed by atoms with van der Waals surface area (Å²) in [7, 11) is 0. The normalized spacial score (nSPS) is 20.8. The lowest BCUT2D eigenvalue weighted by atomic mass is 10.0. The summed E-state index contributed by atoms with van der Waals surface area (Å²) in [6.45, 7) is 6.75. The van der Waals surface area contributed by atoms with Gasteiger partial charge in [-0.1, -0.05) is 26.0 Å². The van der Waals surface area contributed by atoms with Crippen molar-refractivity contribution in [1.82, 2.24) is 4.90 Å². The van der Waals surface area contributed by atoms with E-state index in [2.05, 4.69) is 18.7 Å². The lowest BCUT2D eigenvalue weighted by Gasteiger charge is -2.27. The van der Waals surface area contributed by atoms with E-state index in [9.17, 15) is 4.39 Å². The van der Waals surface area contributed by atoms with Crippen molar-refractivity contribution in [3.63, 3.8) is 0 Å². The van der Waals surface area contributed by atoms with Gasteiger partial charge in [-0.15, -0.1) is 0 Å². The van der Waals surface area contributed by atoms with Crippen LogP contribution in [0, 0.1) is 11.7 Å². The van der Waals surface area contributed by atoms with Crippen LogP contribution in [0.4, 0.5) is 4.39 Å².